The fourth-order valence-electron chi connectivity index (χ4n) is 3.36. The average Bonchev–Trinajstić information content (AvgIpc) is 3.09. The summed E-state index contributed by atoms with van der Waals surface area (Å²) >= 11 is 0. The van der Waals surface area contributed by atoms with Crippen molar-refractivity contribution in [2.45, 2.75) is 64.3 Å². The first-order valence-electron chi connectivity index (χ1n) is 9.71. The van der Waals surface area contributed by atoms with E-state index in [0.717, 1.165) is 0 Å². The highest BCUT2D eigenvalue weighted by Crippen LogP contribution is 2.27. The second kappa shape index (κ2) is 8.66. The van der Waals surface area contributed by atoms with Crippen LogP contribution in [-0.2, 0) is 19.0 Å². The number of hydrogen-bond acceptors (Lipinski definition) is 7. The van der Waals surface area contributed by atoms with Crippen LogP contribution in [0.4, 0.5) is 0 Å². The molecule has 1 saturated carbocycles. The zero-order valence-electron chi connectivity index (χ0n) is 16.9. The van der Waals surface area contributed by atoms with Crippen LogP contribution >= 0.6 is 0 Å². The van der Waals surface area contributed by atoms with Crippen molar-refractivity contribution in [3.8, 4) is 6.07 Å². The largest absolute Gasteiger partial charge is 0.458 e. The Hall–Kier alpha value is -2.85. The standard InChI is InChI=1S/C22H25NO6/c1-22(2,3)29-19(24)13-26-16-5-7-17(8-6-16)28-21(25)20-18-9-4-14(11-23)10-15(18)12-27-20/h4,9-10,12,16-17H,5-8,13H2,1-3H3. The number of hydrogen-bond donors (Lipinski definition) is 0. The van der Waals surface area contributed by atoms with Gasteiger partial charge in [-0.25, -0.2) is 9.59 Å². The van der Waals surface area contributed by atoms with Gasteiger partial charge in [0.1, 0.15) is 18.3 Å². The van der Waals surface area contributed by atoms with E-state index >= 15 is 0 Å². The van der Waals surface area contributed by atoms with E-state index in [-0.39, 0.29) is 30.5 Å². The number of benzene rings is 1. The third-order valence-corrected chi connectivity index (χ3v) is 4.67. The van der Waals surface area contributed by atoms with Gasteiger partial charge in [0.15, 0.2) is 0 Å². The van der Waals surface area contributed by atoms with Gasteiger partial charge in [-0.15, -0.1) is 0 Å². The van der Waals surface area contributed by atoms with Crippen molar-refractivity contribution in [2.24, 2.45) is 0 Å². The number of nitrogens with zero attached hydrogens (tertiary/aromatic N) is 1. The normalized spacial score (nSPS) is 19.5. The first kappa shape index (κ1) is 20.9. The maximum atomic E-state index is 12.5. The third kappa shape index (κ3) is 5.58. The van der Waals surface area contributed by atoms with Crippen molar-refractivity contribution >= 4 is 22.7 Å². The second-order valence-electron chi connectivity index (χ2n) is 8.18. The van der Waals surface area contributed by atoms with E-state index in [9.17, 15) is 9.59 Å². The molecule has 0 amide bonds. The molecule has 7 nitrogen and oxygen atoms in total. The van der Waals surface area contributed by atoms with Crippen molar-refractivity contribution in [1.29, 1.82) is 5.26 Å². The maximum absolute atomic E-state index is 12.5. The summed E-state index contributed by atoms with van der Waals surface area (Å²) in [7, 11) is 0. The lowest BCUT2D eigenvalue weighted by Crippen LogP contribution is -2.31. The van der Waals surface area contributed by atoms with E-state index in [1.165, 1.54) is 6.26 Å². The van der Waals surface area contributed by atoms with E-state index in [1.807, 2.05) is 20.8 Å². The summed E-state index contributed by atoms with van der Waals surface area (Å²) < 4.78 is 21.8. The number of fused-ring (bicyclic) bond motifs is 1. The number of esters is 2. The van der Waals surface area contributed by atoms with Crippen LogP contribution in [0.5, 0.6) is 0 Å². The molecule has 1 fully saturated rings. The fraction of sp³-hybridized carbons (Fsp3) is 0.500. The van der Waals surface area contributed by atoms with Gasteiger partial charge in [-0.2, -0.15) is 5.26 Å². The van der Waals surface area contributed by atoms with Gasteiger partial charge in [0.2, 0.25) is 5.76 Å². The fourth-order valence-corrected chi connectivity index (χ4v) is 3.36. The monoisotopic (exact) mass is 399 g/mol. The van der Waals surface area contributed by atoms with Crippen molar-refractivity contribution in [3.63, 3.8) is 0 Å². The summed E-state index contributed by atoms with van der Waals surface area (Å²) in [5, 5.41) is 10.3. The molecule has 3 rings (SSSR count). The van der Waals surface area contributed by atoms with Gasteiger partial charge >= 0.3 is 11.9 Å². The Kier molecular flexibility index (Phi) is 6.23. The highest BCUT2D eigenvalue weighted by molar-refractivity contribution is 6.02. The first-order chi connectivity index (χ1) is 13.7. The lowest BCUT2D eigenvalue weighted by molar-refractivity contribution is -0.163. The number of nitriles is 1. The Bertz CT molecular complexity index is 925. The number of furan rings is 1. The van der Waals surface area contributed by atoms with Gasteiger partial charge in [0, 0.05) is 10.8 Å². The molecule has 29 heavy (non-hydrogen) atoms. The molecule has 0 bridgehead atoms. The maximum Gasteiger partial charge on any atom is 0.375 e. The third-order valence-electron chi connectivity index (χ3n) is 4.67. The van der Waals surface area contributed by atoms with E-state index in [1.54, 1.807) is 18.2 Å². The van der Waals surface area contributed by atoms with Crippen molar-refractivity contribution in [1.82, 2.24) is 0 Å². The summed E-state index contributed by atoms with van der Waals surface area (Å²) in [5.74, 6) is -0.745. The number of ether oxygens (including phenoxy) is 3. The van der Waals surface area contributed by atoms with Gasteiger partial charge in [-0.3, -0.25) is 0 Å². The molecule has 0 N–H and O–H groups in total. The molecule has 0 aliphatic heterocycles. The SMILES string of the molecule is CC(C)(C)OC(=O)COC1CCC(OC(=O)c2occ3cc(C#N)ccc23)CC1. The summed E-state index contributed by atoms with van der Waals surface area (Å²) in [4.78, 5) is 24.2. The number of carbonyl (C=O) groups is 2. The van der Waals surface area contributed by atoms with Gasteiger partial charge in [-0.1, -0.05) is 0 Å². The van der Waals surface area contributed by atoms with Crippen LogP contribution in [0.25, 0.3) is 10.8 Å². The summed E-state index contributed by atoms with van der Waals surface area (Å²) in [5.41, 5.74) is -0.0266. The van der Waals surface area contributed by atoms with Gasteiger partial charge in [-0.05, 0) is 64.7 Å². The Morgan fingerprint density at radius 2 is 1.86 bits per heavy atom. The van der Waals surface area contributed by atoms with Gasteiger partial charge < -0.3 is 18.6 Å². The lowest BCUT2D eigenvalue weighted by atomic mass is 9.95. The predicted octanol–water partition coefficient (Wildman–Crippen LogP) is 4.13. The molecule has 1 aliphatic rings. The molecule has 1 heterocycles. The van der Waals surface area contributed by atoms with Gasteiger partial charge in [0.05, 0.1) is 24.0 Å². The molecule has 154 valence electrons. The van der Waals surface area contributed by atoms with E-state index < -0.39 is 11.6 Å². The van der Waals surface area contributed by atoms with Gasteiger partial charge in [0.25, 0.3) is 0 Å². The Balaban J connectivity index is 1.48. The molecule has 0 saturated heterocycles. The Labute approximate surface area is 169 Å². The van der Waals surface area contributed by atoms with Crippen LogP contribution in [0.1, 0.15) is 62.6 Å². The molecular weight excluding hydrogens is 374 g/mol. The molecule has 1 aromatic heterocycles. The second-order valence-corrected chi connectivity index (χ2v) is 8.18. The average molecular weight is 399 g/mol. The number of rotatable bonds is 5. The molecule has 1 aromatic carbocycles. The minimum absolute atomic E-state index is 0.0497. The van der Waals surface area contributed by atoms with Crippen molar-refractivity contribution in [3.05, 3.63) is 35.8 Å². The molecule has 0 unspecified atom stereocenters. The van der Waals surface area contributed by atoms with E-state index in [0.29, 0.717) is 42.0 Å². The molecule has 7 heteroatoms. The Morgan fingerprint density at radius 1 is 1.17 bits per heavy atom. The zero-order valence-corrected chi connectivity index (χ0v) is 16.9. The molecule has 0 atom stereocenters. The summed E-state index contributed by atoms with van der Waals surface area (Å²) in [6.07, 6.45) is 3.89. The van der Waals surface area contributed by atoms with Crippen LogP contribution in [0.3, 0.4) is 0 Å². The molecular formula is C22H25NO6. The highest BCUT2D eigenvalue weighted by atomic mass is 16.6. The lowest BCUT2D eigenvalue weighted by Gasteiger charge is -2.28. The van der Waals surface area contributed by atoms with E-state index in [2.05, 4.69) is 6.07 Å². The number of carbonyl (C=O) groups excluding carboxylic acids is 2. The first-order valence-corrected chi connectivity index (χ1v) is 9.71. The molecule has 0 radical (unpaired) electrons. The topological polar surface area (TPSA) is 98.8 Å². The smallest absolute Gasteiger partial charge is 0.375 e. The van der Waals surface area contributed by atoms with Crippen molar-refractivity contribution < 1.29 is 28.2 Å². The summed E-state index contributed by atoms with van der Waals surface area (Å²) in [6.45, 7) is 5.37. The molecule has 2 aromatic rings. The van der Waals surface area contributed by atoms with Crippen molar-refractivity contribution in [2.75, 3.05) is 6.61 Å². The molecule has 1 aliphatic carbocycles. The molecule has 0 spiro atoms. The van der Waals surface area contributed by atoms with Crippen LogP contribution < -0.4 is 0 Å². The Morgan fingerprint density at radius 3 is 2.52 bits per heavy atom. The zero-order chi connectivity index (χ0) is 21.0. The van der Waals surface area contributed by atoms with Crippen LogP contribution in [0, 0.1) is 11.3 Å². The minimum atomic E-state index is -0.529. The summed E-state index contributed by atoms with van der Waals surface area (Å²) in [6, 6.07) is 7.06. The van der Waals surface area contributed by atoms with Crippen LogP contribution in [0.15, 0.2) is 28.9 Å². The minimum Gasteiger partial charge on any atom is -0.458 e. The van der Waals surface area contributed by atoms with E-state index in [4.69, 9.17) is 23.9 Å². The predicted molar refractivity (Wildman–Crippen MR) is 104 cm³/mol. The van der Waals surface area contributed by atoms with Crippen LogP contribution in [-0.4, -0.2) is 36.4 Å². The van der Waals surface area contributed by atoms with Crippen LogP contribution in [0.2, 0.25) is 0 Å². The quantitative estimate of drug-likeness (QED) is 0.697. The highest BCUT2D eigenvalue weighted by Gasteiger charge is 2.27.